The Morgan fingerprint density at radius 3 is 2.70 bits per heavy atom. The second-order valence-corrected chi connectivity index (χ2v) is 8.32. The highest BCUT2D eigenvalue weighted by Crippen LogP contribution is 2.49. The summed E-state index contributed by atoms with van der Waals surface area (Å²) in [4.78, 5) is 2.07. The Bertz CT molecular complexity index is 1010. The zero-order valence-electron chi connectivity index (χ0n) is 15.4. The van der Waals surface area contributed by atoms with Gasteiger partial charge in [-0.2, -0.15) is 5.10 Å². The van der Waals surface area contributed by atoms with E-state index < -0.39 is 0 Å². The smallest absolute Gasteiger partial charge is 0.102 e. The molecule has 1 aliphatic rings. The molecule has 1 aromatic heterocycles. The second-order valence-electron chi connectivity index (χ2n) is 6.83. The van der Waals surface area contributed by atoms with Gasteiger partial charge >= 0.3 is 0 Å². The van der Waals surface area contributed by atoms with Gasteiger partial charge in [0, 0.05) is 25.8 Å². The molecule has 5 nitrogen and oxygen atoms in total. The number of quaternary nitrogens is 1. The number of hydrogen-bond donors (Lipinski definition) is 1. The van der Waals surface area contributed by atoms with Crippen LogP contribution < -0.4 is 0 Å². The maximum atomic E-state index is 12.7. The molecular weight excluding hydrogens is 382 g/mol. The monoisotopic (exact) mass is 403 g/mol. The van der Waals surface area contributed by atoms with Crippen LogP contribution >= 0.6 is 23.4 Å². The summed E-state index contributed by atoms with van der Waals surface area (Å²) in [5, 5.41) is 29.1. The van der Waals surface area contributed by atoms with Crippen LogP contribution in [0, 0.1) is 5.21 Å². The average Bonchev–Trinajstić information content (AvgIpc) is 3.06. The first kappa shape index (κ1) is 18.8. The zero-order chi connectivity index (χ0) is 19.2. The first-order chi connectivity index (χ1) is 13.0. The van der Waals surface area contributed by atoms with Crippen LogP contribution in [0.5, 0.6) is 0 Å². The van der Waals surface area contributed by atoms with E-state index in [9.17, 15) is 10.3 Å². The van der Waals surface area contributed by atoms with Gasteiger partial charge in [-0.1, -0.05) is 35.5 Å². The Hall–Kier alpha value is -1.57. The highest BCUT2D eigenvalue weighted by molar-refractivity contribution is 7.99. The standard InChI is InChI=1S/C20H22ClN3O2S/c1-3-24(26,4-2)10-9-23-16-8-5-13(12-25)20-18(16)19(22-23)15-7-6-14(21)11-17(15)27-20/h5-8,11,25H,3-4,9-10,12H2,1-2H3. The summed E-state index contributed by atoms with van der Waals surface area (Å²) in [5.74, 6) is 0. The lowest BCUT2D eigenvalue weighted by atomic mass is 10.0. The van der Waals surface area contributed by atoms with Gasteiger partial charge in [0.2, 0.25) is 0 Å². The number of aromatic nitrogens is 2. The number of aliphatic hydroxyl groups is 1. The van der Waals surface area contributed by atoms with Gasteiger partial charge in [0.05, 0.1) is 38.3 Å². The van der Waals surface area contributed by atoms with Crippen LogP contribution in [0.3, 0.4) is 0 Å². The highest BCUT2D eigenvalue weighted by Gasteiger charge is 2.26. The van der Waals surface area contributed by atoms with Crippen molar-refractivity contribution in [3.05, 3.63) is 46.1 Å². The van der Waals surface area contributed by atoms with E-state index in [0.29, 0.717) is 31.2 Å². The topological polar surface area (TPSA) is 61.1 Å². The quantitative estimate of drug-likeness (QED) is 0.375. The van der Waals surface area contributed by atoms with Crippen molar-refractivity contribution < 1.29 is 9.75 Å². The lowest BCUT2D eigenvalue weighted by Crippen LogP contribution is -2.44. The van der Waals surface area contributed by atoms with Gasteiger partial charge in [-0.3, -0.25) is 4.68 Å². The molecule has 142 valence electrons. The van der Waals surface area contributed by atoms with Crippen LogP contribution in [0.1, 0.15) is 19.4 Å². The van der Waals surface area contributed by atoms with Crippen LogP contribution in [-0.4, -0.2) is 39.2 Å². The summed E-state index contributed by atoms with van der Waals surface area (Å²) in [6.07, 6.45) is 0. The number of hydrogen-bond acceptors (Lipinski definition) is 4. The van der Waals surface area contributed by atoms with Gasteiger partial charge in [0.25, 0.3) is 0 Å². The number of fused-ring (bicyclic) bond motifs is 2. The van der Waals surface area contributed by atoms with E-state index in [1.165, 1.54) is 0 Å². The maximum absolute atomic E-state index is 12.7. The number of benzene rings is 2. The number of halogens is 1. The molecule has 0 unspecified atom stereocenters. The predicted molar refractivity (Wildman–Crippen MR) is 110 cm³/mol. The van der Waals surface area contributed by atoms with Gasteiger partial charge in [0.15, 0.2) is 0 Å². The van der Waals surface area contributed by atoms with Crippen molar-refractivity contribution in [1.82, 2.24) is 9.78 Å². The molecule has 0 amide bonds. The lowest BCUT2D eigenvalue weighted by molar-refractivity contribution is -0.877. The Balaban J connectivity index is 1.86. The molecule has 0 bridgehead atoms. The van der Waals surface area contributed by atoms with Crippen molar-refractivity contribution in [2.75, 3.05) is 19.6 Å². The molecule has 0 saturated carbocycles. The molecule has 1 N–H and O–H groups in total. The molecule has 0 aliphatic carbocycles. The maximum Gasteiger partial charge on any atom is 0.102 e. The molecule has 0 atom stereocenters. The summed E-state index contributed by atoms with van der Waals surface area (Å²) in [6, 6.07) is 9.76. The lowest BCUT2D eigenvalue weighted by Gasteiger charge is -2.40. The summed E-state index contributed by atoms with van der Waals surface area (Å²) in [5.41, 5.74) is 3.83. The van der Waals surface area contributed by atoms with E-state index in [4.69, 9.17) is 16.7 Å². The van der Waals surface area contributed by atoms with E-state index >= 15 is 0 Å². The Morgan fingerprint density at radius 2 is 2.00 bits per heavy atom. The Labute approximate surface area is 167 Å². The molecule has 2 heterocycles. The number of likely N-dealkylation sites (N-methyl/N-ethyl adjacent to an activating group) is 1. The van der Waals surface area contributed by atoms with E-state index in [1.54, 1.807) is 11.8 Å². The van der Waals surface area contributed by atoms with Crippen LogP contribution in [0.25, 0.3) is 22.2 Å². The van der Waals surface area contributed by atoms with E-state index in [1.807, 2.05) is 48.9 Å². The molecule has 1 aliphatic heterocycles. The molecular formula is C20H22ClN3O2S. The van der Waals surface area contributed by atoms with E-state index in [2.05, 4.69) is 0 Å². The molecule has 0 radical (unpaired) electrons. The first-order valence-corrected chi connectivity index (χ1v) is 10.4. The van der Waals surface area contributed by atoms with E-state index in [-0.39, 0.29) is 11.3 Å². The molecule has 0 fully saturated rings. The van der Waals surface area contributed by atoms with Crippen LogP contribution in [0.4, 0.5) is 0 Å². The first-order valence-electron chi connectivity index (χ1n) is 9.17. The normalized spacial score (nSPS) is 13.2. The Morgan fingerprint density at radius 1 is 1.22 bits per heavy atom. The molecule has 0 saturated heterocycles. The second kappa shape index (κ2) is 7.11. The van der Waals surface area contributed by atoms with Crippen molar-refractivity contribution in [2.24, 2.45) is 0 Å². The minimum atomic E-state index is -0.223. The number of aliphatic hydroxyl groups excluding tert-OH is 1. The third-order valence-electron chi connectivity index (χ3n) is 5.41. The fraction of sp³-hybridized carbons (Fsp3) is 0.350. The molecule has 2 aromatic carbocycles. The molecule has 4 rings (SSSR count). The van der Waals surface area contributed by atoms with Crippen molar-refractivity contribution in [1.29, 1.82) is 0 Å². The number of hydroxylamine groups is 3. The van der Waals surface area contributed by atoms with Gasteiger partial charge in [-0.15, -0.1) is 0 Å². The zero-order valence-corrected chi connectivity index (χ0v) is 17.0. The largest absolute Gasteiger partial charge is 0.633 e. The van der Waals surface area contributed by atoms with Gasteiger partial charge in [0.1, 0.15) is 5.69 Å². The Kier molecular flexibility index (Phi) is 4.94. The minimum Gasteiger partial charge on any atom is -0.633 e. The van der Waals surface area contributed by atoms with Crippen molar-refractivity contribution >= 4 is 34.3 Å². The van der Waals surface area contributed by atoms with Crippen molar-refractivity contribution in [3.63, 3.8) is 0 Å². The predicted octanol–water partition coefficient (Wildman–Crippen LogP) is 4.67. The van der Waals surface area contributed by atoms with Crippen LogP contribution in [0.15, 0.2) is 40.1 Å². The fourth-order valence-corrected chi connectivity index (χ4v) is 5.07. The molecule has 7 heteroatoms. The fourth-order valence-electron chi connectivity index (χ4n) is 3.59. The SMILES string of the molecule is CC[N+]([O-])(CC)CCn1nc2c3c(c(CO)ccc31)Sc1cc(Cl)ccc1-2. The average molecular weight is 404 g/mol. The summed E-state index contributed by atoms with van der Waals surface area (Å²) >= 11 is 7.81. The summed E-state index contributed by atoms with van der Waals surface area (Å²) in [7, 11) is 0. The van der Waals surface area contributed by atoms with Crippen LogP contribution in [0.2, 0.25) is 5.02 Å². The van der Waals surface area contributed by atoms with Gasteiger partial charge in [-0.25, -0.2) is 0 Å². The highest BCUT2D eigenvalue weighted by atomic mass is 35.5. The van der Waals surface area contributed by atoms with Crippen molar-refractivity contribution in [2.45, 2.75) is 36.8 Å². The molecule has 0 spiro atoms. The molecule has 27 heavy (non-hydrogen) atoms. The van der Waals surface area contributed by atoms with Crippen LogP contribution in [-0.2, 0) is 13.2 Å². The van der Waals surface area contributed by atoms with Gasteiger partial charge in [-0.05, 0) is 37.6 Å². The summed E-state index contributed by atoms with van der Waals surface area (Å²) < 4.78 is 1.72. The third kappa shape index (κ3) is 3.15. The number of rotatable bonds is 6. The third-order valence-corrected chi connectivity index (χ3v) is 6.87. The molecule has 3 aromatic rings. The summed E-state index contributed by atoms with van der Waals surface area (Å²) in [6.45, 7) is 6.00. The number of nitrogens with zero attached hydrogens (tertiary/aromatic N) is 3. The minimum absolute atomic E-state index is 0.0228. The van der Waals surface area contributed by atoms with Gasteiger partial charge < -0.3 is 15.0 Å². The van der Waals surface area contributed by atoms with Crippen molar-refractivity contribution in [3.8, 4) is 11.3 Å². The van der Waals surface area contributed by atoms with E-state index in [0.717, 1.165) is 37.5 Å².